The number of hydrogen-bond donors (Lipinski definition) is 0. The van der Waals surface area contributed by atoms with Gasteiger partial charge in [-0.3, -0.25) is 0 Å². The monoisotopic (exact) mass is 1220 g/mol. The Morgan fingerprint density at radius 1 is 0.371 bits per heavy atom. The fourth-order valence-corrected chi connectivity index (χ4v) is 60.0. The van der Waals surface area contributed by atoms with Gasteiger partial charge in [0.2, 0.25) is 0 Å². The van der Waals surface area contributed by atoms with Crippen molar-refractivity contribution < 1.29 is 40.1 Å². The second-order valence-electron chi connectivity index (χ2n) is 17.0. The number of allylic oxidation sites excluding steroid dienone is 16. The zero-order valence-corrected chi connectivity index (χ0v) is 49.1. The van der Waals surface area contributed by atoms with E-state index < -0.39 is 40.1 Å². The molecule has 0 spiro atoms. The minimum atomic E-state index is -2.12. The maximum atomic E-state index is 2.59. The molecule has 0 heterocycles. The fourth-order valence-electron chi connectivity index (χ4n) is 9.46. The predicted octanol–water partition coefficient (Wildman–Crippen LogP) is 16.3. The molecule has 62 heavy (non-hydrogen) atoms. The quantitative estimate of drug-likeness (QED) is 0.124. The standard InChI is InChI=1S/4C13H13.2C2H6Si.2ClH.2Hf/c4*1-2-11-6-5-9-13(10-11)12-7-3-4-8-12;2*1-3-2;;;;/h4*3,5-7,9-10H,2,4H2,1H3;2*1-2H3;2*1H;;. The summed E-state index contributed by atoms with van der Waals surface area (Å²) in [7, 11) is 0. The molecule has 0 N–H and O–H groups in total. The van der Waals surface area contributed by atoms with Gasteiger partial charge in [0.05, 0.1) is 0 Å². The van der Waals surface area contributed by atoms with Crippen molar-refractivity contribution in [3.8, 4) is 0 Å². The van der Waals surface area contributed by atoms with Crippen LogP contribution in [0.5, 0.6) is 0 Å². The average molecular weight is 1220 g/mol. The van der Waals surface area contributed by atoms with Crippen molar-refractivity contribution in [3.63, 3.8) is 0 Å². The number of halogens is 2. The normalized spacial score (nSPS) is 15.0. The van der Waals surface area contributed by atoms with Crippen LogP contribution in [0.1, 0.15) is 97.9 Å². The molecule has 6 heteroatoms. The van der Waals surface area contributed by atoms with E-state index >= 15 is 0 Å². The summed E-state index contributed by atoms with van der Waals surface area (Å²) in [6, 6.07) is 37.1. The van der Waals surface area contributed by atoms with Gasteiger partial charge in [0.1, 0.15) is 0 Å². The van der Waals surface area contributed by atoms with E-state index in [4.69, 9.17) is 0 Å². The van der Waals surface area contributed by atoms with Crippen molar-refractivity contribution in [1.29, 1.82) is 0 Å². The van der Waals surface area contributed by atoms with Crippen molar-refractivity contribution in [2.24, 2.45) is 0 Å². The smallest absolute Gasteiger partial charge is 0.147 e. The van der Waals surface area contributed by atoms with E-state index in [1.54, 1.807) is 22.3 Å². The third-order valence-corrected chi connectivity index (χ3v) is 61.4. The zero-order chi connectivity index (χ0) is 42.2. The Hall–Kier alpha value is -2.45. The van der Waals surface area contributed by atoms with Crippen molar-refractivity contribution in [2.75, 3.05) is 0 Å². The van der Waals surface area contributed by atoms with Gasteiger partial charge in [0, 0.05) is 0 Å². The average Bonchev–Trinajstić information content (AvgIpc) is 4.13. The fraction of sp³-hybridized carbons (Fsp3) is 0.286. The van der Waals surface area contributed by atoms with E-state index in [1.165, 1.54) is 70.2 Å². The molecule has 4 aromatic rings. The molecule has 0 aromatic heterocycles. The van der Waals surface area contributed by atoms with E-state index in [1.807, 2.05) is 13.3 Å². The van der Waals surface area contributed by atoms with Crippen molar-refractivity contribution in [3.05, 3.63) is 203 Å². The number of hydrogen-bond acceptors (Lipinski definition) is 0. The Kier molecular flexibility index (Phi) is 19.7. The summed E-state index contributed by atoms with van der Waals surface area (Å²) in [6.07, 6.45) is 28.6. The van der Waals surface area contributed by atoms with E-state index in [0.717, 1.165) is 25.7 Å². The van der Waals surface area contributed by atoms with Crippen LogP contribution in [-0.4, -0.2) is 11.0 Å². The Bertz CT molecular complexity index is 2270. The first-order valence-electron chi connectivity index (χ1n) is 22.6. The van der Waals surface area contributed by atoms with Crippen LogP contribution in [0.25, 0.3) is 22.3 Å². The third-order valence-electron chi connectivity index (χ3n) is 12.5. The van der Waals surface area contributed by atoms with Gasteiger partial charge in [0.25, 0.3) is 0 Å². The first kappa shape index (κ1) is 50.6. The first-order valence-corrected chi connectivity index (χ1v) is 45.5. The van der Waals surface area contributed by atoms with Crippen LogP contribution >= 0.6 is 24.8 Å². The summed E-state index contributed by atoms with van der Waals surface area (Å²) in [5.74, 6) is 0. The molecule has 0 fully saturated rings. The summed E-state index contributed by atoms with van der Waals surface area (Å²) in [4.78, 5) is 0. The van der Waals surface area contributed by atoms with Crippen LogP contribution in [0.4, 0.5) is 0 Å². The molecule has 0 saturated heterocycles. The summed E-state index contributed by atoms with van der Waals surface area (Å²) < 4.78 is 7.43. The van der Waals surface area contributed by atoms with Gasteiger partial charge in [-0.05, 0) is 0 Å². The van der Waals surface area contributed by atoms with Crippen LogP contribution in [0.15, 0.2) is 159 Å². The summed E-state index contributed by atoms with van der Waals surface area (Å²) in [6.45, 7) is 19.4. The minimum absolute atomic E-state index is 0. The molecule has 0 nitrogen and oxygen atoms in total. The van der Waals surface area contributed by atoms with Crippen LogP contribution in [-0.2, 0) is 65.8 Å². The van der Waals surface area contributed by atoms with E-state index in [9.17, 15) is 0 Å². The molecule has 0 bridgehead atoms. The van der Waals surface area contributed by atoms with Crippen LogP contribution in [0.2, 0.25) is 26.2 Å². The molecule has 8 rings (SSSR count). The van der Waals surface area contributed by atoms with Crippen molar-refractivity contribution in [2.45, 2.75) is 105 Å². The Labute approximate surface area is 402 Å². The SMILES string of the molecule is CCc1cccc(C2=[C]([Hf]([C]3=C(c4cccc(CC)c4)C=CC3)=[Si](C)C)CC=C2)c1.CCc1cccc(C2=[C]([Hf]([C]3=C(c4cccc(CC)c4)C=CC3)=[Si](C)C)CC=C2)c1.Cl.Cl. The maximum Gasteiger partial charge on any atom is -0.147 e. The Morgan fingerprint density at radius 2 is 0.597 bits per heavy atom. The topological polar surface area (TPSA) is 0 Å². The third kappa shape index (κ3) is 11.7. The van der Waals surface area contributed by atoms with Gasteiger partial charge in [0.15, 0.2) is 0 Å². The zero-order valence-electron chi connectivity index (χ0n) is 38.3. The Balaban J connectivity index is 0.000000227. The molecular weight excluding hydrogens is 1160 g/mol. The maximum absolute atomic E-state index is 2.59. The molecule has 4 aromatic carbocycles. The number of rotatable bonds is 12. The summed E-state index contributed by atoms with van der Waals surface area (Å²) in [5.41, 5.74) is 17.2. The first-order chi connectivity index (χ1) is 29.2. The molecule has 0 saturated carbocycles. The molecule has 0 amide bonds. The van der Waals surface area contributed by atoms with Gasteiger partial charge < -0.3 is 0 Å². The van der Waals surface area contributed by atoms with E-state index in [0.29, 0.717) is 0 Å². The molecule has 4 aliphatic rings. The van der Waals surface area contributed by atoms with Gasteiger partial charge in [-0.1, -0.05) is 0 Å². The second kappa shape index (κ2) is 24.2. The van der Waals surface area contributed by atoms with Gasteiger partial charge in [-0.2, -0.15) is 0 Å². The molecular formula is C56H66Cl2Hf2Si2. The van der Waals surface area contributed by atoms with Crippen molar-refractivity contribution >= 4 is 58.1 Å². The second-order valence-corrected chi connectivity index (χ2v) is 64.8. The molecule has 0 radical (unpaired) electrons. The number of benzene rings is 4. The Morgan fingerprint density at radius 3 is 0.790 bits per heavy atom. The summed E-state index contributed by atoms with van der Waals surface area (Å²) in [5, 5.41) is 0. The van der Waals surface area contributed by atoms with Crippen LogP contribution in [0.3, 0.4) is 0 Å². The van der Waals surface area contributed by atoms with Crippen molar-refractivity contribution in [1.82, 2.24) is 0 Å². The molecule has 320 valence electrons. The van der Waals surface area contributed by atoms with E-state index in [2.05, 4.69) is 200 Å². The molecule has 4 aliphatic carbocycles. The molecule has 0 atom stereocenters. The van der Waals surface area contributed by atoms with Gasteiger partial charge >= 0.3 is 382 Å². The molecule has 0 unspecified atom stereocenters. The predicted molar refractivity (Wildman–Crippen MR) is 275 cm³/mol. The minimum Gasteiger partial charge on any atom is -0.147 e. The summed E-state index contributed by atoms with van der Waals surface area (Å²) >= 11 is -4.24. The van der Waals surface area contributed by atoms with Crippen LogP contribution < -0.4 is 0 Å². The number of aryl methyl sites for hydroxylation is 4. The van der Waals surface area contributed by atoms with Gasteiger partial charge in [-0.25, -0.2) is 0 Å². The molecule has 0 aliphatic heterocycles. The largest absolute Gasteiger partial charge is 0.147 e. The van der Waals surface area contributed by atoms with Crippen LogP contribution in [0, 0.1) is 0 Å². The van der Waals surface area contributed by atoms with Gasteiger partial charge in [-0.15, -0.1) is 24.8 Å². The van der Waals surface area contributed by atoms with E-state index in [-0.39, 0.29) is 35.8 Å².